The van der Waals surface area contributed by atoms with Crippen LogP contribution in [-0.2, 0) is 0 Å². The highest BCUT2D eigenvalue weighted by Gasteiger charge is 2.52. The molecular formula is C36H23NOSSi. The maximum Gasteiger partial charge on any atom is 0.183 e. The normalized spacial score (nSPS) is 14.8. The molecule has 0 bridgehead atoms. The lowest BCUT2D eigenvalue weighted by molar-refractivity contribution is 0.477. The zero-order valence-electron chi connectivity index (χ0n) is 21.5. The molecule has 0 aromatic heterocycles. The standard InChI is InChI=1S/C36H23NOSSi/c1-8-18-33-25(11-1)26-12-2-9-19-34(26)40(33)35-20-10-7-17-31(35)39-32-22-21-24(23-36(32)40)37-27-13-3-5-15-29(27)38-30-16-6-4-14-28(30)37/h1-23H. The first kappa shape index (κ1) is 22.3. The Labute approximate surface area is 238 Å². The van der Waals surface area contributed by atoms with Crippen molar-refractivity contribution in [2.45, 2.75) is 9.79 Å². The third-order valence-electron chi connectivity index (χ3n) is 8.52. The van der Waals surface area contributed by atoms with Crippen LogP contribution >= 0.6 is 11.8 Å². The van der Waals surface area contributed by atoms with E-state index in [1.807, 2.05) is 23.9 Å². The fourth-order valence-electron chi connectivity index (χ4n) is 6.97. The van der Waals surface area contributed by atoms with Gasteiger partial charge in [-0.15, -0.1) is 0 Å². The Morgan fingerprint density at radius 2 is 1.00 bits per heavy atom. The predicted molar refractivity (Wildman–Crippen MR) is 168 cm³/mol. The Balaban J connectivity index is 1.37. The summed E-state index contributed by atoms with van der Waals surface area (Å²) in [6.07, 6.45) is 0. The van der Waals surface area contributed by atoms with E-state index < -0.39 is 8.07 Å². The maximum atomic E-state index is 6.34. The summed E-state index contributed by atoms with van der Waals surface area (Å²) in [6.45, 7) is 0. The Hall–Kier alpha value is -4.51. The van der Waals surface area contributed by atoms with Crippen molar-refractivity contribution in [1.82, 2.24) is 0 Å². The van der Waals surface area contributed by atoms with Gasteiger partial charge in [-0.1, -0.05) is 103 Å². The first-order chi connectivity index (χ1) is 19.8. The lowest BCUT2D eigenvalue weighted by Crippen LogP contribution is -2.74. The van der Waals surface area contributed by atoms with Crippen LogP contribution in [0.5, 0.6) is 11.5 Å². The number of ether oxygens (including phenoxy) is 1. The summed E-state index contributed by atoms with van der Waals surface area (Å²) in [6, 6.07) is 51.2. The fraction of sp³-hybridized carbons (Fsp3) is 0. The molecule has 6 aromatic carbocycles. The molecule has 3 aliphatic heterocycles. The summed E-state index contributed by atoms with van der Waals surface area (Å²) < 4.78 is 6.34. The number of fused-ring (bicyclic) bond motifs is 11. The van der Waals surface area contributed by atoms with E-state index in [2.05, 4.69) is 132 Å². The molecule has 0 fully saturated rings. The molecule has 2 nitrogen and oxygen atoms in total. The number of anilines is 3. The van der Waals surface area contributed by atoms with Gasteiger partial charge in [0.1, 0.15) is 0 Å². The Kier molecular flexibility index (Phi) is 4.60. The van der Waals surface area contributed by atoms with Gasteiger partial charge < -0.3 is 9.64 Å². The second-order valence-corrected chi connectivity index (χ2v) is 15.2. The fourth-order valence-corrected chi connectivity index (χ4v) is 14.4. The topological polar surface area (TPSA) is 12.5 Å². The predicted octanol–water partition coefficient (Wildman–Crippen LogP) is 7.08. The van der Waals surface area contributed by atoms with Crippen molar-refractivity contribution in [3.8, 4) is 22.6 Å². The lowest BCUT2D eigenvalue weighted by atomic mass is 10.1. The molecule has 0 amide bonds. The molecule has 0 saturated carbocycles. The van der Waals surface area contributed by atoms with Crippen LogP contribution in [0, 0.1) is 0 Å². The second-order valence-electron chi connectivity index (χ2n) is 10.5. The van der Waals surface area contributed by atoms with Crippen molar-refractivity contribution in [1.29, 1.82) is 0 Å². The van der Waals surface area contributed by atoms with Crippen LogP contribution in [0.3, 0.4) is 0 Å². The Bertz CT molecular complexity index is 1910. The van der Waals surface area contributed by atoms with Gasteiger partial charge in [-0.2, -0.15) is 0 Å². The molecule has 4 heteroatoms. The smallest absolute Gasteiger partial charge is 0.183 e. The Morgan fingerprint density at radius 1 is 0.475 bits per heavy atom. The van der Waals surface area contributed by atoms with Crippen molar-refractivity contribution in [3.05, 3.63) is 140 Å². The molecule has 3 heterocycles. The lowest BCUT2D eigenvalue weighted by Gasteiger charge is -2.39. The van der Waals surface area contributed by atoms with E-state index in [0.717, 1.165) is 28.6 Å². The molecule has 0 N–H and O–H groups in total. The SMILES string of the molecule is c1ccc2c(c1)Oc1ccccc1N2c1ccc2c(c1)[Si]1(c3ccccc3S2)c2ccccc2-c2ccccc21. The quantitative estimate of drug-likeness (QED) is 0.205. The average molecular weight is 546 g/mol. The highest BCUT2D eigenvalue weighted by atomic mass is 32.2. The maximum absolute atomic E-state index is 6.34. The van der Waals surface area contributed by atoms with E-state index >= 15 is 0 Å². The molecule has 6 aromatic rings. The average Bonchev–Trinajstić information content (AvgIpc) is 3.31. The number of benzene rings is 6. The number of nitrogens with zero attached hydrogens (tertiary/aromatic N) is 1. The van der Waals surface area contributed by atoms with Gasteiger partial charge in [-0.05, 0) is 80.4 Å². The highest BCUT2D eigenvalue weighted by Crippen LogP contribution is 2.50. The van der Waals surface area contributed by atoms with Crippen LogP contribution < -0.4 is 30.4 Å². The van der Waals surface area contributed by atoms with E-state index in [1.165, 1.54) is 41.7 Å². The minimum Gasteiger partial charge on any atom is -0.453 e. The summed E-state index contributed by atoms with van der Waals surface area (Å²) in [5.74, 6) is 1.75. The largest absolute Gasteiger partial charge is 0.453 e. The van der Waals surface area contributed by atoms with Gasteiger partial charge in [-0.3, -0.25) is 0 Å². The van der Waals surface area contributed by atoms with E-state index in [4.69, 9.17) is 4.74 Å². The van der Waals surface area contributed by atoms with E-state index in [-0.39, 0.29) is 0 Å². The van der Waals surface area contributed by atoms with E-state index in [1.54, 1.807) is 0 Å². The molecule has 40 heavy (non-hydrogen) atoms. The number of para-hydroxylation sites is 4. The number of hydrogen-bond acceptors (Lipinski definition) is 3. The monoisotopic (exact) mass is 545 g/mol. The molecule has 0 atom stereocenters. The third-order valence-corrected chi connectivity index (χ3v) is 15.0. The number of rotatable bonds is 1. The molecular weight excluding hydrogens is 523 g/mol. The van der Waals surface area contributed by atoms with Gasteiger partial charge >= 0.3 is 0 Å². The van der Waals surface area contributed by atoms with Crippen molar-refractivity contribution >= 4 is 57.6 Å². The molecule has 1 spiro atoms. The van der Waals surface area contributed by atoms with Crippen molar-refractivity contribution in [2.75, 3.05) is 4.90 Å². The molecule has 0 unspecified atom stereocenters. The zero-order chi connectivity index (χ0) is 26.3. The summed E-state index contributed by atoms with van der Waals surface area (Å²) in [5.41, 5.74) is 6.05. The molecule has 3 aliphatic rings. The van der Waals surface area contributed by atoms with Gasteiger partial charge in [0.25, 0.3) is 0 Å². The third kappa shape index (κ3) is 2.84. The summed E-state index contributed by atoms with van der Waals surface area (Å²) in [7, 11) is -2.56. The van der Waals surface area contributed by atoms with Crippen LogP contribution in [-0.4, -0.2) is 8.07 Å². The van der Waals surface area contributed by atoms with E-state index in [9.17, 15) is 0 Å². The van der Waals surface area contributed by atoms with Crippen LogP contribution in [0.1, 0.15) is 0 Å². The first-order valence-electron chi connectivity index (χ1n) is 13.6. The van der Waals surface area contributed by atoms with Crippen molar-refractivity contribution in [2.24, 2.45) is 0 Å². The molecule has 0 saturated heterocycles. The Morgan fingerprint density at radius 3 is 1.68 bits per heavy atom. The minimum atomic E-state index is -2.56. The molecule has 0 radical (unpaired) electrons. The first-order valence-corrected chi connectivity index (χ1v) is 16.4. The summed E-state index contributed by atoms with van der Waals surface area (Å²) >= 11 is 1.91. The van der Waals surface area contributed by atoms with Crippen LogP contribution in [0.25, 0.3) is 11.1 Å². The van der Waals surface area contributed by atoms with Gasteiger partial charge in [0, 0.05) is 15.5 Å². The van der Waals surface area contributed by atoms with Gasteiger partial charge in [0.2, 0.25) is 0 Å². The summed E-state index contributed by atoms with van der Waals surface area (Å²) in [4.78, 5) is 5.10. The molecule has 188 valence electrons. The molecule has 0 aliphatic carbocycles. The molecule has 9 rings (SSSR count). The van der Waals surface area contributed by atoms with Crippen LogP contribution in [0.4, 0.5) is 17.1 Å². The zero-order valence-corrected chi connectivity index (χ0v) is 23.4. The number of hydrogen-bond donors (Lipinski definition) is 0. The van der Waals surface area contributed by atoms with Crippen LogP contribution in [0.2, 0.25) is 0 Å². The minimum absolute atomic E-state index is 0.877. The van der Waals surface area contributed by atoms with Gasteiger partial charge in [0.05, 0.1) is 11.4 Å². The van der Waals surface area contributed by atoms with Crippen molar-refractivity contribution in [3.63, 3.8) is 0 Å². The van der Waals surface area contributed by atoms with Gasteiger partial charge in [0.15, 0.2) is 19.6 Å². The van der Waals surface area contributed by atoms with E-state index in [0.29, 0.717) is 0 Å². The van der Waals surface area contributed by atoms with Crippen LogP contribution in [0.15, 0.2) is 149 Å². The van der Waals surface area contributed by atoms with Crippen molar-refractivity contribution < 1.29 is 4.74 Å². The van der Waals surface area contributed by atoms with Gasteiger partial charge in [-0.25, -0.2) is 0 Å². The second kappa shape index (κ2) is 8.24. The highest BCUT2D eigenvalue weighted by molar-refractivity contribution is 8.00. The summed E-state index contributed by atoms with van der Waals surface area (Å²) in [5, 5.41) is 5.94.